The SMILES string of the molecule is C=NC(CC(=O)O)(CC(=O)O)C(=O)O. The summed E-state index contributed by atoms with van der Waals surface area (Å²) in [4.78, 5) is 34.4. The summed E-state index contributed by atoms with van der Waals surface area (Å²) in [5, 5.41) is 25.5. The Morgan fingerprint density at radius 1 is 1.07 bits per heavy atom. The average Bonchev–Trinajstić information content (AvgIpc) is 2.00. The fourth-order valence-corrected chi connectivity index (χ4v) is 0.894. The molecule has 0 heterocycles. The predicted molar refractivity (Wildman–Crippen MR) is 44.4 cm³/mol. The molecule has 0 unspecified atom stereocenters. The van der Waals surface area contributed by atoms with E-state index in [1.54, 1.807) is 0 Å². The first-order valence-corrected chi connectivity index (χ1v) is 3.49. The van der Waals surface area contributed by atoms with Crippen LogP contribution < -0.4 is 0 Å². The Balaban J connectivity index is 4.97. The third kappa shape index (κ3) is 2.85. The van der Waals surface area contributed by atoms with Crippen LogP contribution in [-0.4, -0.2) is 45.5 Å². The molecule has 0 saturated heterocycles. The zero-order valence-corrected chi connectivity index (χ0v) is 7.13. The second kappa shape index (κ2) is 4.35. The Hall–Kier alpha value is -1.92. The van der Waals surface area contributed by atoms with Crippen molar-refractivity contribution in [3.05, 3.63) is 0 Å². The number of nitrogens with zero attached hydrogens (tertiary/aromatic N) is 1. The van der Waals surface area contributed by atoms with Gasteiger partial charge in [0.15, 0.2) is 5.54 Å². The molecule has 0 saturated carbocycles. The quantitative estimate of drug-likeness (QED) is 0.498. The van der Waals surface area contributed by atoms with Gasteiger partial charge in [-0.2, -0.15) is 0 Å². The smallest absolute Gasteiger partial charge is 0.332 e. The largest absolute Gasteiger partial charge is 0.481 e. The Kier molecular flexibility index (Phi) is 3.76. The first-order chi connectivity index (χ1) is 6.34. The van der Waals surface area contributed by atoms with Gasteiger partial charge < -0.3 is 15.3 Å². The molecule has 0 atom stereocenters. The van der Waals surface area contributed by atoms with Crippen LogP contribution in [-0.2, 0) is 14.4 Å². The molecule has 0 radical (unpaired) electrons. The predicted octanol–water partition coefficient (Wildman–Crippen LogP) is -0.540. The molecule has 78 valence electrons. The van der Waals surface area contributed by atoms with Gasteiger partial charge >= 0.3 is 17.9 Å². The van der Waals surface area contributed by atoms with Crippen LogP contribution in [0.15, 0.2) is 4.99 Å². The Bertz CT molecular complexity index is 268. The average molecular weight is 203 g/mol. The summed E-state index contributed by atoms with van der Waals surface area (Å²) < 4.78 is 0. The van der Waals surface area contributed by atoms with Crippen LogP contribution in [0.4, 0.5) is 0 Å². The summed E-state index contributed by atoms with van der Waals surface area (Å²) in [5.74, 6) is -4.50. The van der Waals surface area contributed by atoms with Crippen LogP contribution in [0.3, 0.4) is 0 Å². The van der Waals surface area contributed by atoms with Crippen LogP contribution in [0, 0.1) is 0 Å². The van der Waals surface area contributed by atoms with Crippen LogP contribution >= 0.6 is 0 Å². The molecule has 0 bridgehead atoms. The second-order valence-electron chi connectivity index (χ2n) is 2.64. The van der Waals surface area contributed by atoms with Gasteiger partial charge in [-0.25, -0.2) is 4.79 Å². The summed E-state index contributed by atoms with van der Waals surface area (Å²) in [7, 11) is 0. The molecule has 0 amide bonds. The molecule has 14 heavy (non-hydrogen) atoms. The third-order valence-corrected chi connectivity index (χ3v) is 1.59. The zero-order chi connectivity index (χ0) is 11.4. The van der Waals surface area contributed by atoms with E-state index < -0.39 is 36.3 Å². The maximum Gasteiger partial charge on any atom is 0.332 e. The van der Waals surface area contributed by atoms with Crippen molar-refractivity contribution in [2.24, 2.45) is 4.99 Å². The highest BCUT2D eigenvalue weighted by Crippen LogP contribution is 2.21. The third-order valence-electron chi connectivity index (χ3n) is 1.59. The summed E-state index contributed by atoms with van der Waals surface area (Å²) in [6, 6.07) is 0. The molecular formula is C7H9NO6. The van der Waals surface area contributed by atoms with Gasteiger partial charge in [-0.15, -0.1) is 0 Å². The minimum absolute atomic E-state index is 0.905. The van der Waals surface area contributed by atoms with E-state index in [0.29, 0.717) is 0 Å². The van der Waals surface area contributed by atoms with Crippen molar-refractivity contribution in [2.75, 3.05) is 0 Å². The number of rotatable bonds is 6. The Morgan fingerprint density at radius 3 is 1.57 bits per heavy atom. The molecule has 0 aromatic carbocycles. The van der Waals surface area contributed by atoms with Crippen molar-refractivity contribution >= 4 is 24.6 Å². The van der Waals surface area contributed by atoms with E-state index in [9.17, 15) is 14.4 Å². The summed E-state index contributed by atoms with van der Waals surface area (Å²) in [6.07, 6.45) is -1.81. The number of hydrogen-bond acceptors (Lipinski definition) is 4. The number of aliphatic carboxylic acids is 3. The van der Waals surface area contributed by atoms with E-state index in [-0.39, 0.29) is 0 Å². The Labute approximate surface area is 78.7 Å². The maximum absolute atomic E-state index is 10.7. The number of hydrogen-bond donors (Lipinski definition) is 3. The van der Waals surface area contributed by atoms with Crippen molar-refractivity contribution in [3.63, 3.8) is 0 Å². The summed E-state index contributed by atoms with van der Waals surface area (Å²) in [6.45, 7) is 2.90. The molecule has 0 aliphatic carbocycles. The summed E-state index contributed by atoms with van der Waals surface area (Å²) >= 11 is 0. The van der Waals surface area contributed by atoms with Crippen LogP contribution in [0.1, 0.15) is 12.8 Å². The molecule has 3 N–H and O–H groups in total. The van der Waals surface area contributed by atoms with E-state index >= 15 is 0 Å². The molecule has 7 heteroatoms. The molecule has 0 aromatic rings. The lowest BCUT2D eigenvalue weighted by Gasteiger charge is -2.20. The number of carbonyl (C=O) groups is 3. The van der Waals surface area contributed by atoms with E-state index in [2.05, 4.69) is 11.7 Å². The van der Waals surface area contributed by atoms with Crippen molar-refractivity contribution in [1.29, 1.82) is 0 Å². The van der Waals surface area contributed by atoms with E-state index in [4.69, 9.17) is 15.3 Å². The van der Waals surface area contributed by atoms with Crippen molar-refractivity contribution in [3.8, 4) is 0 Å². The molecule has 0 aromatic heterocycles. The summed E-state index contributed by atoms with van der Waals surface area (Å²) in [5.41, 5.74) is -2.18. The van der Waals surface area contributed by atoms with Gasteiger partial charge in [0.1, 0.15) is 0 Å². The van der Waals surface area contributed by atoms with Gasteiger partial charge in [0.05, 0.1) is 12.8 Å². The minimum Gasteiger partial charge on any atom is -0.481 e. The standard InChI is InChI=1S/C7H9NO6/c1-8-7(6(13)14,2-4(9)10)3-5(11)12/h1-3H2,(H,9,10)(H,11,12)(H,13,14). The van der Waals surface area contributed by atoms with Crippen molar-refractivity contribution in [1.82, 2.24) is 0 Å². The van der Waals surface area contributed by atoms with Crippen molar-refractivity contribution < 1.29 is 29.7 Å². The first kappa shape index (κ1) is 12.1. The molecule has 0 rings (SSSR count). The van der Waals surface area contributed by atoms with E-state index in [1.807, 2.05) is 0 Å². The highest BCUT2D eigenvalue weighted by atomic mass is 16.4. The monoisotopic (exact) mass is 203 g/mol. The second-order valence-corrected chi connectivity index (χ2v) is 2.64. The molecule has 7 nitrogen and oxygen atoms in total. The highest BCUT2D eigenvalue weighted by molar-refractivity contribution is 5.90. The highest BCUT2D eigenvalue weighted by Gasteiger charge is 2.42. The topological polar surface area (TPSA) is 124 Å². The number of aliphatic imine (C=N–C) groups is 1. The van der Waals surface area contributed by atoms with Gasteiger partial charge in [0.2, 0.25) is 0 Å². The fourth-order valence-electron chi connectivity index (χ4n) is 0.894. The fraction of sp³-hybridized carbons (Fsp3) is 0.429. The van der Waals surface area contributed by atoms with Gasteiger partial charge in [0.25, 0.3) is 0 Å². The van der Waals surface area contributed by atoms with Crippen LogP contribution in [0.5, 0.6) is 0 Å². The molecule has 0 aliphatic rings. The first-order valence-electron chi connectivity index (χ1n) is 3.49. The van der Waals surface area contributed by atoms with Crippen LogP contribution in [0.2, 0.25) is 0 Å². The maximum atomic E-state index is 10.7. The molecular weight excluding hydrogens is 194 g/mol. The zero-order valence-electron chi connectivity index (χ0n) is 7.13. The van der Waals surface area contributed by atoms with Gasteiger partial charge in [-0.3, -0.25) is 14.6 Å². The lowest BCUT2D eigenvalue weighted by molar-refractivity contribution is -0.153. The normalized spacial score (nSPS) is 10.6. The van der Waals surface area contributed by atoms with Gasteiger partial charge in [0, 0.05) is 0 Å². The molecule has 0 spiro atoms. The molecule has 0 aliphatic heterocycles. The van der Waals surface area contributed by atoms with Gasteiger partial charge in [-0.1, -0.05) is 0 Å². The van der Waals surface area contributed by atoms with E-state index in [1.165, 1.54) is 0 Å². The van der Waals surface area contributed by atoms with Crippen molar-refractivity contribution in [2.45, 2.75) is 18.4 Å². The van der Waals surface area contributed by atoms with E-state index in [0.717, 1.165) is 0 Å². The number of carboxylic acid groups (broad SMARTS) is 3. The van der Waals surface area contributed by atoms with Gasteiger partial charge in [-0.05, 0) is 6.72 Å². The Morgan fingerprint density at radius 2 is 1.43 bits per heavy atom. The molecule has 0 fully saturated rings. The number of carboxylic acids is 3. The minimum atomic E-state index is -2.18. The lowest BCUT2D eigenvalue weighted by atomic mass is 9.92. The lowest BCUT2D eigenvalue weighted by Crippen LogP contribution is -2.41. The van der Waals surface area contributed by atoms with Crippen LogP contribution in [0.25, 0.3) is 0 Å².